The monoisotopic (exact) mass is 720 g/mol. The molecule has 6 nitrogen and oxygen atoms in total. The Kier molecular flexibility index (Phi) is 8.62. The Balaban J connectivity index is 1.02. The van der Waals surface area contributed by atoms with Gasteiger partial charge in [-0.15, -0.1) is 0 Å². The molecule has 9 atom stereocenters. The normalized spacial score (nSPS) is 48.1. The summed E-state index contributed by atoms with van der Waals surface area (Å²) in [5, 5.41) is 4.23. The Morgan fingerprint density at radius 3 is 2.33 bits per heavy atom. The fourth-order valence-corrected chi connectivity index (χ4v) is 16.7. The molecule has 0 aromatic rings. The van der Waals surface area contributed by atoms with Gasteiger partial charge in [-0.3, -0.25) is 4.79 Å². The number of hydrogen-bond acceptors (Lipinski definition) is 6. The predicted octanol–water partition coefficient (Wildman–Crippen LogP) is 8.15. The second-order valence-electron chi connectivity index (χ2n) is 20.6. The third-order valence-corrected chi connectivity index (χ3v) is 19.8. The number of esters is 1. The fourth-order valence-electron chi connectivity index (χ4n) is 15.5. The van der Waals surface area contributed by atoms with E-state index < -0.39 is 9.84 Å². The molecule has 0 radical (unpaired) electrons. The molecule has 0 unspecified atom stereocenters. The van der Waals surface area contributed by atoms with Gasteiger partial charge in [0.1, 0.15) is 0 Å². The highest BCUT2D eigenvalue weighted by atomic mass is 32.2. The second-order valence-corrected chi connectivity index (χ2v) is 22.9. The van der Waals surface area contributed by atoms with Crippen LogP contribution in [0.5, 0.6) is 0 Å². The minimum absolute atomic E-state index is 0.0267. The number of sulfone groups is 1. The van der Waals surface area contributed by atoms with E-state index in [9.17, 15) is 13.2 Å². The number of allylic oxidation sites excluding steroid dienone is 5. The van der Waals surface area contributed by atoms with Crippen molar-refractivity contribution in [1.29, 1.82) is 0 Å². The molecule has 1 spiro atoms. The smallest absolute Gasteiger partial charge is 0.308 e. The van der Waals surface area contributed by atoms with Crippen molar-refractivity contribution in [1.82, 2.24) is 10.2 Å². The van der Waals surface area contributed by atoms with Crippen LogP contribution in [0.15, 0.2) is 35.5 Å². The number of hydrogen-bond donors (Lipinski definition) is 1. The van der Waals surface area contributed by atoms with E-state index in [1.807, 2.05) is 0 Å². The predicted molar refractivity (Wildman–Crippen MR) is 206 cm³/mol. The highest BCUT2D eigenvalue weighted by molar-refractivity contribution is 7.91. The minimum Gasteiger partial charge on any atom is -0.469 e. The third-order valence-electron chi connectivity index (χ3n) is 18.2. The van der Waals surface area contributed by atoms with Crippen LogP contribution in [0.3, 0.4) is 0 Å². The average molecular weight is 721 g/mol. The van der Waals surface area contributed by atoms with Gasteiger partial charge >= 0.3 is 5.97 Å². The van der Waals surface area contributed by atoms with E-state index in [1.165, 1.54) is 70.5 Å². The first kappa shape index (κ1) is 36.5. The van der Waals surface area contributed by atoms with E-state index in [1.54, 1.807) is 11.1 Å². The van der Waals surface area contributed by atoms with E-state index >= 15 is 0 Å². The zero-order chi connectivity index (χ0) is 36.4. The summed E-state index contributed by atoms with van der Waals surface area (Å²) in [6, 6.07) is 0. The number of carbonyl (C=O) groups excluding carboxylic acids is 1. The second kappa shape index (κ2) is 12.0. The Bertz CT molecular complexity index is 1620. The summed E-state index contributed by atoms with van der Waals surface area (Å²) in [6.07, 6.45) is 19.9. The molecule has 5 saturated carbocycles. The largest absolute Gasteiger partial charge is 0.469 e. The van der Waals surface area contributed by atoms with Gasteiger partial charge in [0.15, 0.2) is 9.84 Å². The number of ether oxygens (including phenoxy) is 1. The lowest BCUT2D eigenvalue weighted by Crippen LogP contribution is -2.68. The fraction of sp³-hybridized carbons (Fsp3) is 0.841. The number of fused-ring (bicyclic) bond motifs is 7. The SMILES string of the molecule is C=C(C)[C@@H]1CC[C@]2(NCCN3CCS(=O)(=O)CC3)CC[C@]3(C)[C@H](CC[C@@H]4[C@@]5(C)CC=C(C6=CC7(C6)CC(C(=O)OC)C7)C(C)(C)[C@@H]5CC[C@]43C)[C@@H]12. The topological polar surface area (TPSA) is 75.7 Å². The van der Waals surface area contributed by atoms with Crippen molar-refractivity contribution < 1.29 is 17.9 Å². The van der Waals surface area contributed by atoms with Gasteiger partial charge in [-0.1, -0.05) is 58.9 Å². The van der Waals surface area contributed by atoms with Crippen molar-refractivity contribution in [3.63, 3.8) is 0 Å². The molecular weight excluding hydrogens is 653 g/mol. The van der Waals surface area contributed by atoms with Crippen LogP contribution in [-0.4, -0.2) is 69.6 Å². The maximum atomic E-state index is 12.1. The molecule has 0 aromatic carbocycles. The van der Waals surface area contributed by atoms with E-state index in [0.717, 1.165) is 38.3 Å². The summed E-state index contributed by atoms with van der Waals surface area (Å²) >= 11 is 0. The van der Waals surface area contributed by atoms with Gasteiger partial charge in [0.2, 0.25) is 0 Å². The lowest BCUT2D eigenvalue weighted by Gasteiger charge is -2.72. The van der Waals surface area contributed by atoms with Crippen molar-refractivity contribution in [2.75, 3.05) is 44.8 Å². The number of nitrogens with zero attached hydrogens (tertiary/aromatic N) is 1. The van der Waals surface area contributed by atoms with Crippen molar-refractivity contribution in [3.05, 3.63) is 35.5 Å². The molecule has 284 valence electrons. The lowest BCUT2D eigenvalue weighted by molar-refractivity contribution is -0.221. The molecule has 0 bridgehead atoms. The molecule has 0 amide bonds. The summed E-state index contributed by atoms with van der Waals surface area (Å²) < 4.78 is 29.1. The Morgan fingerprint density at radius 2 is 1.67 bits per heavy atom. The summed E-state index contributed by atoms with van der Waals surface area (Å²) in [4.78, 5) is 14.5. The standard InChI is InChI=1S/C44H68N2O4S/c1-29(2)32-11-16-44(45-19-20-46-21-23-51(48,49)24-22-46)18-17-41(6)34(37(32)44)9-10-36-40(5)14-12-33(39(3,4)35(40)13-15-42(36,41)7)30-25-43(26-30)27-31(28-43)38(47)50-8/h12,25,31-32,34-37,45H,1,9-11,13-24,26-28H2,2-8H3/t31?,32-,34+,35-,36+,37+,40-,41+,42+,43?,44-/m0/s1. The molecule has 7 heteroatoms. The van der Waals surface area contributed by atoms with Crippen molar-refractivity contribution >= 4 is 15.8 Å². The first-order chi connectivity index (χ1) is 23.9. The van der Waals surface area contributed by atoms with Gasteiger partial charge in [0, 0.05) is 31.7 Å². The molecular formula is C44H68N2O4S. The molecule has 8 aliphatic rings. The highest BCUT2D eigenvalue weighted by Gasteiger charge is 2.70. The van der Waals surface area contributed by atoms with Gasteiger partial charge in [-0.25, -0.2) is 8.42 Å². The number of rotatable bonds is 7. The van der Waals surface area contributed by atoms with Crippen LogP contribution in [0.2, 0.25) is 0 Å². The molecule has 1 heterocycles. The van der Waals surface area contributed by atoms with Crippen LogP contribution in [0, 0.1) is 62.6 Å². The maximum Gasteiger partial charge on any atom is 0.308 e. The van der Waals surface area contributed by atoms with E-state index in [-0.39, 0.29) is 28.3 Å². The molecule has 0 aromatic heterocycles. The van der Waals surface area contributed by atoms with Crippen LogP contribution in [0.25, 0.3) is 0 Å². The Morgan fingerprint density at radius 1 is 0.961 bits per heavy atom. The average Bonchev–Trinajstić information content (AvgIpc) is 3.41. The molecule has 1 aliphatic heterocycles. The summed E-state index contributed by atoms with van der Waals surface area (Å²) in [6.45, 7) is 23.5. The summed E-state index contributed by atoms with van der Waals surface area (Å²) in [5.74, 6) is 4.04. The number of carbonyl (C=O) groups is 1. The zero-order valence-corrected chi connectivity index (χ0v) is 33.9. The van der Waals surface area contributed by atoms with Crippen LogP contribution < -0.4 is 5.32 Å². The van der Waals surface area contributed by atoms with Crippen LogP contribution in [-0.2, 0) is 19.4 Å². The van der Waals surface area contributed by atoms with E-state index in [2.05, 4.69) is 70.5 Å². The number of methoxy groups -OCH3 is 1. The van der Waals surface area contributed by atoms with Gasteiger partial charge < -0.3 is 15.0 Å². The summed E-state index contributed by atoms with van der Waals surface area (Å²) in [7, 11) is -1.33. The molecule has 1 saturated heterocycles. The van der Waals surface area contributed by atoms with Gasteiger partial charge in [0.25, 0.3) is 0 Å². The molecule has 51 heavy (non-hydrogen) atoms. The maximum absolute atomic E-state index is 12.1. The Labute approximate surface area is 310 Å². The summed E-state index contributed by atoms with van der Waals surface area (Å²) in [5.41, 5.74) is 6.11. The van der Waals surface area contributed by atoms with E-state index in [0.29, 0.717) is 64.5 Å². The zero-order valence-electron chi connectivity index (χ0n) is 33.0. The van der Waals surface area contributed by atoms with Crippen LogP contribution >= 0.6 is 0 Å². The van der Waals surface area contributed by atoms with Crippen molar-refractivity contribution in [2.24, 2.45) is 62.6 Å². The molecule has 1 N–H and O–H groups in total. The van der Waals surface area contributed by atoms with Crippen molar-refractivity contribution in [3.8, 4) is 0 Å². The highest BCUT2D eigenvalue weighted by Crippen LogP contribution is 2.77. The number of nitrogens with one attached hydrogen (secondary N) is 1. The molecule has 6 fully saturated rings. The van der Waals surface area contributed by atoms with E-state index in [4.69, 9.17) is 4.74 Å². The first-order valence-electron chi connectivity index (χ1n) is 20.8. The van der Waals surface area contributed by atoms with Crippen molar-refractivity contribution in [2.45, 2.75) is 124 Å². The van der Waals surface area contributed by atoms with Crippen LogP contribution in [0.4, 0.5) is 0 Å². The molecule has 8 rings (SSSR count). The lowest BCUT2D eigenvalue weighted by atomic mass is 9.32. The van der Waals surface area contributed by atoms with Gasteiger partial charge in [-0.05, 0) is 152 Å². The third kappa shape index (κ3) is 5.33. The first-order valence-corrected chi connectivity index (χ1v) is 22.6. The molecule has 7 aliphatic carbocycles. The van der Waals surface area contributed by atoms with Gasteiger partial charge in [-0.2, -0.15) is 0 Å². The quantitative estimate of drug-likeness (QED) is 0.212. The Hall–Kier alpha value is -1.44. The minimum atomic E-state index is -2.85. The van der Waals surface area contributed by atoms with Crippen LogP contribution in [0.1, 0.15) is 119 Å². The van der Waals surface area contributed by atoms with Gasteiger partial charge in [0.05, 0.1) is 24.5 Å².